The molecule has 1 aromatic carbocycles. The molecular formula is C13H13N. The number of hydrogen-bond acceptors (Lipinski definition) is 0. The molecule has 1 aliphatic rings. The third kappa shape index (κ3) is 0.897. The molecule has 1 nitrogen and oxygen atoms in total. The number of rotatable bonds is 0. The van der Waals surface area contributed by atoms with Gasteiger partial charge in [-0.25, -0.2) is 0 Å². The standard InChI is InChI=1S/C13H13N/c1-14-12-8-4-2-6-10(12)11-7-3-5-9-13(11)14/h2,4,6-9H,3,5H2,1H3. The highest BCUT2D eigenvalue weighted by atomic mass is 14.9. The van der Waals surface area contributed by atoms with Crippen LogP contribution in [0.5, 0.6) is 0 Å². The molecule has 3 rings (SSSR count). The summed E-state index contributed by atoms with van der Waals surface area (Å²) in [5.41, 5.74) is 1.34. The zero-order valence-corrected chi connectivity index (χ0v) is 8.33. The van der Waals surface area contributed by atoms with Crippen molar-refractivity contribution in [3.05, 3.63) is 34.8 Å². The van der Waals surface area contributed by atoms with E-state index in [1.807, 2.05) is 0 Å². The molecule has 0 aliphatic heterocycles. The Bertz CT molecular complexity index is 602. The van der Waals surface area contributed by atoms with Gasteiger partial charge in [0.2, 0.25) is 0 Å². The summed E-state index contributed by atoms with van der Waals surface area (Å²) >= 11 is 0. The Morgan fingerprint density at radius 3 is 2.79 bits per heavy atom. The molecule has 0 atom stereocenters. The van der Waals surface area contributed by atoms with Gasteiger partial charge in [0.1, 0.15) is 0 Å². The van der Waals surface area contributed by atoms with Gasteiger partial charge in [0.05, 0.1) is 0 Å². The van der Waals surface area contributed by atoms with Crippen LogP contribution in [0, 0.1) is 0 Å². The summed E-state index contributed by atoms with van der Waals surface area (Å²) in [5.74, 6) is 0. The maximum atomic E-state index is 2.36. The average molecular weight is 183 g/mol. The number of benzene rings is 1. The minimum atomic E-state index is 1.18. The molecule has 0 fully saturated rings. The molecule has 0 spiro atoms. The number of aryl methyl sites for hydroxylation is 1. The van der Waals surface area contributed by atoms with E-state index in [0.29, 0.717) is 0 Å². The molecule has 0 radical (unpaired) electrons. The van der Waals surface area contributed by atoms with Crippen molar-refractivity contribution in [1.29, 1.82) is 0 Å². The van der Waals surface area contributed by atoms with Crippen LogP contribution in [-0.4, -0.2) is 4.57 Å². The number of aromatic nitrogens is 1. The van der Waals surface area contributed by atoms with Crippen LogP contribution >= 0.6 is 0 Å². The van der Waals surface area contributed by atoms with E-state index < -0.39 is 0 Å². The summed E-state index contributed by atoms with van der Waals surface area (Å²) in [7, 11) is 2.15. The third-order valence-electron chi connectivity index (χ3n) is 3.05. The van der Waals surface area contributed by atoms with E-state index >= 15 is 0 Å². The van der Waals surface area contributed by atoms with Gasteiger partial charge < -0.3 is 4.57 Å². The molecule has 0 saturated heterocycles. The van der Waals surface area contributed by atoms with Gasteiger partial charge in [-0.3, -0.25) is 0 Å². The highest BCUT2D eigenvalue weighted by molar-refractivity contribution is 5.82. The van der Waals surface area contributed by atoms with Crippen molar-refractivity contribution in [2.45, 2.75) is 12.8 Å². The average Bonchev–Trinajstić information content (AvgIpc) is 2.55. The van der Waals surface area contributed by atoms with Crippen molar-refractivity contribution < 1.29 is 0 Å². The van der Waals surface area contributed by atoms with E-state index in [9.17, 15) is 0 Å². The van der Waals surface area contributed by atoms with Gasteiger partial charge in [-0.1, -0.05) is 30.4 Å². The second-order valence-corrected chi connectivity index (χ2v) is 3.86. The number of hydrogen-bond donors (Lipinski definition) is 0. The monoisotopic (exact) mass is 183 g/mol. The van der Waals surface area contributed by atoms with E-state index in [2.05, 4.69) is 48.0 Å². The minimum absolute atomic E-state index is 1.18. The van der Waals surface area contributed by atoms with Crippen LogP contribution < -0.4 is 10.6 Å². The topological polar surface area (TPSA) is 4.93 Å². The first-order valence-corrected chi connectivity index (χ1v) is 5.12. The predicted molar refractivity (Wildman–Crippen MR) is 60.3 cm³/mol. The minimum Gasteiger partial charge on any atom is -0.344 e. The molecule has 0 bridgehead atoms. The Hall–Kier alpha value is -1.50. The number of nitrogens with zero attached hydrogens (tertiary/aromatic N) is 1. The Morgan fingerprint density at radius 1 is 1.07 bits per heavy atom. The van der Waals surface area contributed by atoms with Crippen LogP contribution in [-0.2, 0) is 7.05 Å². The molecule has 1 aromatic heterocycles. The van der Waals surface area contributed by atoms with Gasteiger partial charge in [-0.05, 0) is 18.9 Å². The maximum Gasteiger partial charge on any atom is 0.0488 e. The lowest BCUT2D eigenvalue weighted by Gasteiger charge is -1.97. The Labute approximate surface area is 83.0 Å². The van der Waals surface area contributed by atoms with Crippen LogP contribution in [0.4, 0.5) is 0 Å². The van der Waals surface area contributed by atoms with E-state index in [0.717, 1.165) is 0 Å². The molecule has 1 heteroatoms. The molecule has 0 unspecified atom stereocenters. The van der Waals surface area contributed by atoms with Crippen molar-refractivity contribution in [3.8, 4) is 0 Å². The van der Waals surface area contributed by atoms with Gasteiger partial charge in [0.15, 0.2) is 0 Å². The normalized spacial score (nSPS) is 14.6. The zero-order chi connectivity index (χ0) is 9.54. The molecule has 70 valence electrons. The first-order valence-electron chi connectivity index (χ1n) is 5.12. The Kier molecular flexibility index (Phi) is 1.54. The van der Waals surface area contributed by atoms with Crippen molar-refractivity contribution in [2.75, 3.05) is 0 Å². The van der Waals surface area contributed by atoms with Crippen molar-refractivity contribution in [1.82, 2.24) is 4.57 Å². The fourth-order valence-corrected chi connectivity index (χ4v) is 2.35. The summed E-state index contributed by atoms with van der Waals surface area (Å²) in [4.78, 5) is 0. The second kappa shape index (κ2) is 2.74. The molecule has 0 amide bonds. The van der Waals surface area contributed by atoms with Crippen molar-refractivity contribution >= 4 is 23.1 Å². The largest absolute Gasteiger partial charge is 0.344 e. The predicted octanol–water partition coefficient (Wildman–Crippen LogP) is 1.53. The quantitative estimate of drug-likeness (QED) is 0.584. The van der Waals surface area contributed by atoms with Crippen molar-refractivity contribution in [2.24, 2.45) is 7.05 Å². The fraction of sp³-hybridized carbons (Fsp3) is 0.231. The zero-order valence-electron chi connectivity index (χ0n) is 8.33. The molecular weight excluding hydrogens is 170 g/mol. The summed E-state index contributed by atoms with van der Waals surface area (Å²) in [5, 5.41) is 4.20. The summed E-state index contributed by atoms with van der Waals surface area (Å²) in [6, 6.07) is 8.62. The van der Waals surface area contributed by atoms with Gasteiger partial charge in [-0.15, -0.1) is 0 Å². The first kappa shape index (κ1) is 7.86. The van der Waals surface area contributed by atoms with Crippen molar-refractivity contribution in [3.63, 3.8) is 0 Å². The van der Waals surface area contributed by atoms with Crippen LogP contribution in [0.1, 0.15) is 12.8 Å². The highest BCUT2D eigenvalue weighted by Gasteiger charge is 2.04. The lowest BCUT2D eigenvalue weighted by atomic mass is 10.1. The van der Waals surface area contributed by atoms with E-state index in [1.165, 1.54) is 34.3 Å². The molecule has 1 aliphatic carbocycles. The van der Waals surface area contributed by atoms with Crippen LogP contribution in [0.15, 0.2) is 24.3 Å². The lowest BCUT2D eigenvalue weighted by Crippen LogP contribution is -2.29. The summed E-state index contributed by atoms with van der Waals surface area (Å²) < 4.78 is 2.29. The Balaban J connectivity index is 2.68. The van der Waals surface area contributed by atoms with Crippen LogP contribution in [0.25, 0.3) is 23.1 Å². The first-order chi connectivity index (χ1) is 6.88. The smallest absolute Gasteiger partial charge is 0.0488 e. The summed E-state index contributed by atoms with van der Waals surface area (Å²) in [6.07, 6.45) is 7.06. The Morgan fingerprint density at radius 2 is 1.86 bits per heavy atom. The molecule has 14 heavy (non-hydrogen) atoms. The highest BCUT2D eigenvalue weighted by Crippen LogP contribution is 2.08. The van der Waals surface area contributed by atoms with Gasteiger partial charge >= 0.3 is 0 Å². The van der Waals surface area contributed by atoms with Gasteiger partial charge in [0.25, 0.3) is 0 Å². The van der Waals surface area contributed by atoms with E-state index in [-0.39, 0.29) is 0 Å². The molecule has 0 saturated carbocycles. The van der Waals surface area contributed by atoms with Crippen LogP contribution in [0.3, 0.4) is 0 Å². The maximum absolute atomic E-state index is 2.36. The fourth-order valence-electron chi connectivity index (χ4n) is 2.35. The molecule has 0 N–H and O–H groups in total. The second-order valence-electron chi connectivity index (χ2n) is 3.86. The van der Waals surface area contributed by atoms with E-state index in [1.54, 1.807) is 0 Å². The SMILES string of the molecule is Cn1c2c(c3ccccc31)=CCCC=2. The number of fused-ring (bicyclic) bond motifs is 3. The molecule has 2 aromatic rings. The van der Waals surface area contributed by atoms with Gasteiger partial charge in [-0.2, -0.15) is 0 Å². The lowest BCUT2D eigenvalue weighted by molar-refractivity contribution is 0.910. The number of para-hydroxylation sites is 1. The van der Waals surface area contributed by atoms with E-state index in [4.69, 9.17) is 0 Å². The third-order valence-corrected chi connectivity index (χ3v) is 3.05. The summed E-state index contributed by atoms with van der Waals surface area (Å²) in [6.45, 7) is 0. The van der Waals surface area contributed by atoms with Gasteiger partial charge in [0, 0.05) is 28.5 Å². The van der Waals surface area contributed by atoms with Crippen LogP contribution in [0.2, 0.25) is 0 Å². The molecule has 1 heterocycles.